The van der Waals surface area contributed by atoms with Crippen LogP contribution >= 0.6 is 11.8 Å². The SMILES string of the molecule is CSc1cc(C(C)(C)O)ccc1C. The van der Waals surface area contributed by atoms with Crippen LogP contribution in [0.25, 0.3) is 0 Å². The first-order valence-electron chi connectivity index (χ1n) is 4.32. The van der Waals surface area contributed by atoms with Gasteiger partial charge in [0.25, 0.3) is 0 Å². The van der Waals surface area contributed by atoms with Gasteiger partial charge >= 0.3 is 0 Å². The Morgan fingerprint density at radius 2 is 1.92 bits per heavy atom. The van der Waals surface area contributed by atoms with Crippen molar-refractivity contribution in [3.05, 3.63) is 29.3 Å². The van der Waals surface area contributed by atoms with Crippen LogP contribution in [-0.2, 0) is 5.60 Å². The summed E-state index contributed by atoms with van der Waals surface area (Å²) in [5.41, 5.74) is 1.50. The number of aliphatic hydroxyl groups is 1. The molecule has 0 amide bonds. The van der Waals surface area contributed by atoms with E-state index in [0.717, 1.165) is 5.56 Å². The Balaban J connectivity index is 3.14. The number of hydrogen-bond acceptors (Lipinski definition) is 2. The molecule has 0 unspecified atom stereocenters. The normalized spacial score (nSPS) is 11.8. The highest BCUT2D eigenvalue weighted by Crippen LogP contribution is 2.26. The molecule has 1 N–H and O–H groups in total. The fourth-order valence-electron chi connectivity index (χ4n) is 1.20. The molecule has 1 nitrogen and oxygen atoms in total. The lowest BCUT2D eigenvalue weighted by Crippen LogP contribution is -2.15. The minimum absolute atomic E-state index is 0.738. The first-order chi connectivity index (χ1) is 5.95. The molecule has 0 saturated carbocycles. The van der Waals surface area contributed by atoms with Crippen LogP contribution in [0.2, 0.25) is 0 Å². The van der Waals surface area contributed by atoms with Crippen molar-refractivity contribution in [1.82, 2.24) is 0 Å². The van der Waals surface area contributed by atoms with Gasteiger partial charge in [0.2, 0.25) is 0 Å². The van der Waals surface area contributed by atoms with Crippen molar-refractivity contribution in [1.29, 1.82) is 0 Å². The fourth-order valence-corrected chi connectivity index (χ4v) is 1.84. The van der Waals surface area contributed by atoms with Crippen molar-refractivity contribution < 1.29 is 5.11 Å². The van der Waals surface area contributed by atoms with Crippen LogP contribution < -0.4 is 0 Å². The number of rotatable bonds is 2. The average molecular weight is 196 g/mol. The summed E-state index contributed by atoms with van der Waals surface area (Å²) in [5, 5.41) is 9.79. The van der Waals surface area contributed by atoms with Crippen molar-refractivity contribution in [2.75, 3.05) is 6.26 Å². The second-order valence-corrected chi connectivity index (χ2v) is 4.59. The van der Waals surface area contributed by atoms with Crippen LogP contribution in [-0.4, -0.2) is 11.4 Å². The molecular formula is C11H16OS. The van der Waals surface area contributed by atoms with Crippen LogP contribution in [0.4, 0.5) is 0 Å². The van der Waals surface area contributed by atoms with E-state index < -0.39 is 5.60 Å². The fraction of sp³-hybridized carbons (Fsp3) is 0.455. The van der Waals surface area contributed by atoms with Crippen molar-refractivity contribution in [2.45, 2.75) is 31.3 Å². The highest BCUT2D eigenvalue weighted by atomic mass is 32.2. The molecule has 1 aromatic rings. The van der Waals surface area contributed by atoms with E-state index in [2.05, 4.69) is 25.3 Å². The van der Waals surface area contributed by atoms with E-state index >= 15 is 0 Å². The van der Waals surface area contributed by atoms with Crippen molar-refractivity contribution in [2.24, 2.45) is 0 Å². The molecule has 13 heavy (non-hydrogen) atoms. The highest BCUT2D eigenvalue weighted by Gasteiger charge is 2.16. The predicted molar refractivity (Wildman–Crippen MR) is 58.2 cm³/mol. The molecule has 0 aliphatic carbocycles. The third-order valence-electron chi connectivity index (χ3n) is 2.11. The molecule has 0 spiro atoms. The number of thioether (sulfide) groups is 1. The zero-order valence-electron chi connectivity index (χ0n) is 8.59. The first-order valence-corrected chi connectivity index (χ1v) is 5.55. The summed E-state index contributed by atoms with van der Waals surface area (Å²) in [4.78, 5) is 1.24. The van der Waals surface area contributed by atoms with Gasteiger partial charge in [-0.05, 0) is 44.2 Å². The molecule has 0 bridgehead atoms. The minimum atomic E-state index is -0.738. The number of hydrogen-bond donors (Lipinski definition) is 1. The van der Waals surface area contributed by atoms with E-state index in [1.165, 1.54) is 10.5 Å². The topological polar surface area (TPSA) is 20.2 Å². The lowest BCUT2D eigenvalue weighted by atomic mass is 9.97. The molecule has 0 fully saturated rings. The zero-order chi connectivity index (χ0) is 10.1. The summed E-state index contributed by atoms with van der Waals surface area (Å²) >= 11 is 1.71. The Bertz CT molecular complexity index is 299. The van der Waals surface area contributed by atoms with Gasteiger partial charge in [0, 0.05) is 4.90 Å². The molecule has 0 atom stereocenters. The van der Waals surface area contributed by atoms with E-state index in [1.54, 1.807) is 11.8 Å². The quantitative estimate of drug-likeness (QED) is 0.734. The van der Waals surface area contributed by atoms with E-state index in [-0.39, 0.29) is 0 Å². The van der Waals surface area contributed by atoms with Gasteiger partial charge in [-0.1, -0.05) is 12.1 Å². The molecule has 1 rings (SSSR count). The van der Waals surface area contributed by atoms with E-state index in [0.29, 0.717) is 0 Å². The second-order valence-electron chi connectivity index (χ2n) is 3.74. The predicted octanol–water partition coefficient (Wildman–Crippen LogP) is 2.94. The van der Waals surface area contributed by atoms with Crippen molar-refractivity contribution in [3.63, 3.8) is 0 Å². The Morgan fingerprint density at radius 3 is 2.38 bits per heavy atom. The van der Waals surface area contributed by atoms with E-state index in [4.69, 9.17) is 0 Å². The van der Waals surface area contributed by atoms with Gasteiger partial charge < -0.3 is 5.11 Å². The Kier molecular flexibility index (Phi) is 3.04. The number of benzene rings is 1. The molecule has 0 aliphatic rings. The maximum Gasteiger partial charge on any atom is 0.0840 e. The third kappa shape index (κ3) is 2.48. The third-order valence-corrected chi connectivity index (χ3v) is 2.99. The molecule has 1 aromatic carbocycles. The van der Waals surface area contributed by atoms with Crippen LogP contribution in [0.5, 0.6) is 0 Å². The van der Waals surface area contributed by atoms with Gasteiger partial charge in [-0.15, -0.1) is 11.8 Å². The van der Waals surface area contributed by atoms with Crippen molar-refractivity contribution >= 4 is 11.8 Å². The van der Waals surface area contributed by atoms with Crippen LogP contribution in [0.1, 0.15) is 25.0 Å². The highest BCUT2D eigenvalue weighted by molar-refractivity contribution is 7.98. The minimum Gasteiger partial charge on any atom is -0.386 e. The summed E-state index contributed by atoms with van der Waals surface area (Å²) in [7, 11) is 0. The smallest absolute Gasteiger partial charge is 0.0840 e. The first kappa shape index (κ1) is 10.6. The van der Waals surface area contributed by atoms with Gasteiger partial charge in [0.15, 0.2) is 0 Å². The average Bonchev–Trinajstić information content (AvgIpc) is 2.03. The van der Waals surface area contributed by atoms with Gasteiger partial charge in [-0.3, -0.25) is 0 Å². The van der Waals surface area contributed by atoms with Crippen molar-refractivity contribution in [3.8, 4) is 0 Å². The molecule has 0 radical (unpaired) electrons. The maximum atomic E-state index is 9.79. The summed E-state index contributed by atoms with van der Waals surface area (Å²) in [5.74, 6) is 0. The Hall–Kier alpha value is -0.470. The van der Waals surface area contributed by atoms with Gasteiger partial charge in [0.1, 0.15) is 0 Å². The molecule has 0 aromatic heterocycles. The monoisotopic (exact) mass is 196 g/mol. The largest absolute Gasteiger partial charge is 0.386 e. The second kappa shape index (κ2) is 3.72. The van der Waals surface area contributed by atoms with Crippen LogP contribution in [0.15, 0.2) is 23.1 Å². The molecule has 0 aliphatic heterocycles. The van der Waals surface area contributed by atoms with Gasteiger partial charge in [0.05, 0.1) is 5.60 Å². The maximum absolute atomic E-state index is 9.79. The molecular weight excluding hydrogens is 180 g/mol. The van der Waals surface area contributed by atoms with Gasteiger partial charge in [-0.2, -0.15) is 0 Å². The Morgan fingerprint density at radius 1 is 1.31 bits per heavy atom. The lowest BCUT2D eigenvalue weighted by molar-refractivity contribution is 0.0783. The molecule has 0 heterocycles. The zero-order valence-corrected chi connectivity index (χ0v) is 9.40. The lowest BCUT2D eigenvalue weighted by Gasteiger charge is -2.19. The van der Waals surface area contributed by atoms with E-state index in [1.807, 2.05) is 19.9 Å². The van der Waals surface area contributed by atoms with E-state index in [9.17, 15) is 5.11 Å². The summed E-state index contributed by atoms with van der Waals surface area (Å²) in [6.45, 7) is 5.70. The molecule has 2 heteroatoms. The Labute approximate surface area is 84.2 Å². The van der Waals surface area contributed by atoms with Crippen LogP contribution in [0.3, 0.4) is 0 Å². The van der Waals surface area contributed by atoms with Crippen LogP contribution in [0, 0.1) is 6.92 Å². The summed E-state index contributed by atoms with van der Waals surface area (Å²) in [6, 6.07) is 6.09. The molecule has 72 valence electrons. The molecule has 0 saturated heterocycles. The summed E-state index contributed by atoms with van der Waals surface area (Å²) in [6.07, 6.45) is 2.05. The summed E-state index contributed by atoms with van der Waals surface area (Å²) < 4.78 is 0. The standard InChI is InChI=1S/C11H16OS/c1-8-5-6-9(11(2,3)12)7-10(8)13-4/h5-7,12H,1-4H3. The number of aryl methyl sites for hydroxylation is 1. The van der Waals surface area contributed by atoms with Gasteiger partial charge in [-0.25, -0.2) is 0 Å².